The summed E-state index contributed by atoms with van der Waals surface area (Å²) in [7, 11) is -3.78. The molecule has 0 radical (unpaired) electrons. The van der Waals surface area contributed by atoms with Crippen molar-refractivity contribution in [2.75, 3.05) is 17.1 Å². The average molecular weight is 593 g/mol. The molecule has 11 heteroatoms. The van der Waals surface area contributed by atoms with E-state index in [1.807, 2.05) is 13.8 Å². The molecule has 2 aromatic rings. The molecule has 186 valence electrons. The predicted octanol–water partition coefficient (Wildman–Crippen LogP) is 4.85. The molecule has 7 nitrogen and oxygen atoms in total. The van der Waals surface area contributed by atoms with E-state index in [1.54, 1.807) is 49.4 Å². The molecule has 2 rings (SSSR count). The zero-order valence-electron chi connectivity index (χ0n) is 19.4. The van der Waals surface area contributed by atoms with Gasteiger partial charge >= 0.3 is 0 Å². The smallest absolute Gasteiger partial charge is 0.244 e. The predicted molar refractivity (Wildman–Crippen MR) is 141 cm³/mol. The van der Waals surface area contributed by atoms with E-state index in [0.717, 1.165) is 15.0 Å². The molecule has 0 aliphatic carbocycles. The highest BCUT2D eigenvalue weighted by molar-refractivity contribution is 9.10. The molecular weight excluding hydrogens is 565 g/mol. The van der Waals surface area contributed by atoms with Gasteiger partial charge in [0.2, 0.25) is 21.8 Å². The van der Waals surface area contributed by atoms with Crippen LogP contribution in [0.25, 0.3) is 0 Å². The summed E-state index contributed by atoms with van der Waals surface area (Å²) in [6.45, 7) is 5.04. The molecule has 1 N–H and O–H groups in total. The van der Waals surface area contributed by atoms with Crippen molar-refractivity contribution in [3.05, 3.63) is 62.5 Å². The number of anilines is 1. The minimum absolute atomic E-state index is 0.0533. The van der Waals surface area contributed by atoms with Crippen LogP contribution in [-0.4, -0.2) is 50.0 Å². The third-order valence-electron chi connectivity index (χ3n) is 4.95. The highest BCUT2D eigenvalue weighted by Gasteiger charge is 2.32. The Morgan fingerprint density at radius 1 is 1.06 bits per heavy atom. The lowest BCUT2D eigenvalue weighted by molar-refractivity contribution is -0.140. The summed E-state index contributed by atoms with van der Waals surface area (Å²) in [6, 6.07) is 10.6. The zero-order chi connectivity index (χ0) is 25.6. The number of carbonyl (C=O) groups is 2. The van der Waals surface area contributed by atoms with Gasteiger partial charge in [0.25, 0.3) is 0 Å². The van der Waals surface area contributed by atoms with Crippen LogP contribution in [0.3, 0.4) is 0 Å². The van der Waals surface area contributed by atoms with Crippen LogP contribution in [-0.2, 0) is 26.2 Å². The minimum atomic E-state index is -3.78. The molecular formula is C23H28BrCl2N3O4S. The Morgan fingerprint density at radius 2 is 1.68 bits per heavy atom. The molecule has 0 saturated carbocycles. The average Bonchev–Trinajstić information content (AvgIpc) is 2.73. The fourth-order valence-electron chi connectivity index (χ4n) is 3.36. The number of halogens is 3. The lowest BCUT2D eigenvalue weighted by atomic mass is 10.1. The normalized spacial score (nSPS) is 12.4. The van der Waals surface area contributed by atoms with Gasteiger partial charge in [0.05, 0.1) is 22.0 Å². The van der Waals surface area contributed by atoms with Crippen molar-refractivity contribution in [3.8, 4) is 0 Å². The van der Waals surface area contributed by atoms with E-state index in [2.05, 4.69) is 21.2 Å². The molecule has 0 spiro atoms. The standard InChI is InChI=1S/C23H28BrCl2N3O4S/c1-5-21(23(31)27-15(2)3)28(13-16-6-11-19(25)20(26)12-16)22(30)14-29(34(4,32)33)18-9-7-17(24)8-10-18/h6-12,15,21H,5,13-14H2,1-4H3,(H,27,31). The number of sulfonamides is 1. The van der Waals surface area contributed by atoms with Crippen LogP contribution in [0.5, 0.6) is 0 Å². The maximum absolute atomic E-state index is 13.6. The number of benzene rings is 2. The van der Waals surface area contributed by atoms with Crippen molar-refractivity contribution < 1.29 is 18.0 Å². The SMILES string of the molecule is CCC(C(=O)NC(C)C)N(Cc1ccc(Cl)c(Cl)c1)C(=O)CN(c1ccc(Br)cc1)S(C)(=O)=O. The Kier molecular flexibility index (Phi) is 10.2. The summed E-state index contributed by atoms with van der Waals surface area (Å²) in [5.74, 6) is -0.842. The fraction of sp³-hybridized carbons (Fsp3) is 0.391. The second kappa shape index (κ2) is 12.2. The Labute approximate surface area is 219 Å². The van der Waals surface area contributed by atoms with Crippen LogP contribution in [0.4, 0.5) is 5.69 Å². The largest absolute Gasteiger partial charge is 0.352 e. The minimum Gasteiger partial charge on any atom is -0.352 e. The number of nitrogens with zero attached hydrogens (tertiary/aromatic N) is 2. The van der Waals surface area contributed by atoms with E-state index in [0.29, 0.717) is 27.7 Å². The molecule has 1 atom stereocenters. The lowest BCUT2D eigenvalue weighted by Crippen LogP contribution is -2.53. The summed E-state index contributed by atoms with van der Waals surface area (Å²) in [4.78, 5) is 27.9. The quantitative estimate of drug-likeness (QED) is 0.427. The van der Waals surface area contributed by atoms with Crippen molar-refractivity contribution in [1.29, 1.82) is 0 Å². The third-order valence-corrected chi connectivity index (χ3v) is 7.36. The Hall–Kier alpha value is -1.81. The first-order chi connectivity index (χ1) is 15.8. The van der Waals surface area contributed by atoms with Gasteiger partial charge < -0.3 is 10.2 Å². The monoisotopic (exact) mass is 591 g/mol. The van der Waals surface area contributed by atoms with Crippen molar-refractivity contribution in [2.45, 2.75) is 45.8 Å². The van der Waals surface area contributed by atoms with Crippen LogP contribution < -0.4 is 9.62 Å². The van der Waals surface area contributed by atoms with Crippen molar-refractivity contribution in [2.24, 2.45) is 0 Å². The van der Waals surface area contributed by atoms with E-state index in [9.17, 15) is 18.0 Å². The molecule has 1 unspecified atom stereocenters. The van der Waals surface area contributed by atoms with E-state index in [-0.39, 0.29) is 18.5 Å². The Balaban J connectivity index is 2.45. The first kappa shape index (κ1) is 28.4. The maximum atomic E-state index is 13.6. The summed E-state index contributed by atoms with van der Waals surface area (Å²) in [5, 5.41) is 3.53. The maximum Gasteiger partial charge on any atom is 0.244 e. The summed E-state index contributed by atoms with van der Waals surface area (Å²) in [5.41, 5.74) is 1.00. The molecule has 34 heavy (non-hydrogen) atoms. The van der Waals surface area contributed by atoms with Gasteiger partial charge in [0.15, 0.2) is 0 Å². The Bertz CT molecular complexity index is 1130. The molecule has 0 aliphatic heterocycles. The molecule has 0 bridgehead atoms. The zero-order valence-corrected chi connectivity index (χ0v) is 23.3. The van der Waals surface area contributed by atoms with E-state index in [4.69, 9.17) is 23.2 Å². The first-order valence-electron chi connectivity index (χ1n) is 10.6. The van der Waals surface area contributed by atoms with Gasteiger partial charge in [-0.25, -0.2) is 8.42 Å². The molecule has 2 aromatic carbocycles. The van der Waals surface area contributed by atoms with E-state index in [1.165, 1.54) is 4.90 Å². The van der Waals surface area contributed by atoms with E-state index >= 15 is 0 Å². The van der Waals surface area contributed by atoms with Crippen LogP contribution >= 0.6 is 39.1 Å². The topological polar surface area (TPSA) is 86.8 Å². The molecule has 2 amide bonds. The summed E-state index contributed by atoms with van der Waals surface area (Å²) in [6.07, 6.45) is 1.37. The lowest BCUT2D eigenvalue weighted by Gasteiger charge is -2.33. The second-order valence-corrected chi connectivity index (χ2v) is 11.7. The third kappa shape index (κ3) is 7.86. The van der Waals surface area contributed by atoms with Gasteiger partial charge in [0.1, 0.15) is 12.6 Å². The van der Waals surface area contributed by atoms with Gasteiger partial charge in [-0.1, -0.05) is 52.1 Å². The van der Waals surface area contributed by atoms with Gasteiger partial charge in [-0.05, 0) is 62.2 Å². The van der Waals surface area contributed by atoms with Crippen LogP contribution in [0.2, 0.25) is 10.0 Å². The van der Waals surface area contributed by atoms with Crippen molar-refractivity contribution in [1.82, 2.24) is 10.2 Å². The summed E-state index contributed by atoms with van der Waals surface area (Å²) < 4.78 is 26.9. The molecule has 0 saturated heterocycles. The van der Waals surface area contributed by atoms with Gasteiger partial charge in [-0.15, -0.1) is 0 Å². The number of hydrogen-bond donors (Lipinski definition) is 1. The van der Waals surface area contributed by atoms with Crippen molar-refractivity contribution in [3.63, 3.8) is 0 Å². The van der Waals surface area contributed by atoms with E-state index < -0.39 is 28.5 Å². The molecule has 0 aromatic heterocycles. The molecule has 0 heterocycles. The molecule has 0 aliphatic rings. The highest BCUT2D eigenvalue weighted by Crippen LogP contribution is 2.25. The van der Waals surface area contributed by atoms with Crippen LogP contribution in [0, 0.1) is 0 Å². The van der Waals surface area contributed by atoms with Gasteiger partial charge in [-0.2, -0.15) is 0 Å². The highest BCUT2D eigenvalue weighted by atomic mass is 79.9. The van der Waals surface area contributed by atoms with Gasteiger partial charge in [0, 0.05) is 17.1 Å². The fourth-order valence-corrected chi connectivity index (χ4v) is 4.79. The molecule has 0 fully saturated rings. The van der Waals surface area contributed by atoms with Crippen molar-refractivity contribution >= 4 is 66.7 Å². The second-order valence-electron chi connectivity index (χ2n) is 8.10. The van der Waals surface area contributed by atoms with Gasteiger partial charge in [-0.3, -0.25) is 13.9 Å². The Morgan fingerprint density at radius 3 is 2.18 bits per heavy atom. The number of amides is 2. The first-order valence-corrected chi connectivity index (χ1v) is 14.0. The number of carbonyl (C=O) groups excluding carboxylic acids is 2. The number of rotatable bonds is 10. The summed E-state index contributed by atoms with van der Waals surface area (Å²) >= 11 is 15.5. The number of nitrogens with one attached hydrogen (secondary N) is 1. The van der Waals surface area contributed by atoms with Crippen LogP contribution in [0.15, 0.2) is 46.9 Å². The number of hydrogen-bond acceptors (Lipinski definition) is 4. The van der Waals surface area contributed by atoms with Crippen LogP contribution in [0.1, 0.15) is 32.8 Å².